The quantitative estimate of drug-likeness (QED) is 0.691. The lowest BCUT2D eigenvalue weighted by Gasteiger charge is -2.39. The van der Waals surface area contributed by atoms with Crippen LogP contribution in [-0.4, -0.2) is 66.7 Å². The molecule has 0 saturated carbocycles. The number of amides is 2. The van der Waals surface area contributed by atoms with Gasteiger partial charge < -0.3 is 19.9 Å². The van der Waals surface area contributed by atoms with E-state index >= 15 is 0 Å². The number of anilines is 2. The number of ether oxygens (including phenoxy) is 1. The highest BCUT2D eigenvalue weighted by Gasteiger charge is 2.38. The van der Waals surface area contributed by atoms with Gasteiger partial charge in [0.2, 0.25) is 0 Å². The summed E-state index contributed by atoms with van der Waals surface area (Å²) in [6.45, 7) is 11.5. The smallest absolute Gasteiger partial charge is 0.322 e. The van der Waals surface area contributed by atoms with Gasteiger partial charge in [-0.1, -0.05) is 35.9 Å². The van der Waals surface area contributed by atoms with Crippen LogP contribution in [0.25, 0.3) is 0 Å². The molecule has 6 nitrogen and oxygen atoms in total. The Morgan fingerprint density at radius 1 is 1.03 bits per heavy atom. The number of piperazine rings is 1. The van der Waals surface area contributed by atoms with E-state index in [2.05, 4.69) is 35.9 Å². The van der Waals surface area contributed by atoms with Crippen LogP contribution >= 0.6 is 11.6 Å². The maximum atomic E-state index is 13.2. The van der Waals surface area contributed by atoms with Crippen molar-refractivity contribution in [2.45, 2.75) is 38.8 Å². The van der Waals surface area contributed by atoms with Gasteiger partial charge in [-0.15, -0.1) is 0 Å². The van der Waals surface area contributed by atoms with Gasteiger partial charge in [0.25, 0.3) is 0 Å². The van der Waals surface area contributed by atoms with Gasteiger partial charge in [-0.25, -0.2) is 4.79 Å². The molecule has 4 rings (SSSR count). The van der Waals surface area contributed by atoms with Crippen molar-refractivity contribution >= 4 is 29.0 Å². The Morgan fingerprint density at radius 3 is 2.44 bits per heavy atom. The van der Waals surface area contributed by atoms with Gasteiger partial charge in [-0.2, -0.15) is 0 Å². The lowest BCUT2D eigenvalue weighted by molar-refractivity contribution is 0.100. The largest absolute Gasteiger partial charge is 0.486 e. The second-order valence-electron chi connectivity index (χ2n) is 9.22. The number of urea groups is 1. The molecule has 7 heteroatoms. The topological polar surface area (TPSA) is 48.0 Å². The van der Waals surface area contributed by atoms with Gasteiger partial charge >= 0.3 is 6.03 Å². The summed E-state index contributed by atoms with van der Waals surface area (Å²) in [7, 11) is 0. The van der Waals surface area contributed by atoms with Crippen LogP contribution in [0.15, 0.2) is 48.5 Å². The maximum Gasteiger partial charge on any atom is 0.322 e. The monoisotopic (exact) mass is 456 g/mol. The van der Waals surface area contributed by atoms with E-state index in [1.165, 1.54) is 0 Å². The van der Waals surface area contributed by atoms with E-state index in [1.54, 1.807) is 0 Å². The summed E-state index contributed by atoms with van der Waals surface area (Å²) >= 11 is 6.55. The SMILES string of the molecule is CC(C)N1CCN(c2cccc(Cl)c2NC(=O)N2CC[C@](C)(Oc3ccccc3)C2)CC1. The third-order valence-corrected chi connectivity index (χ3v) is 6.75. The molecule has 172 valence electrons. The number of para-hydroxylation sites is 2. The molecule has 0 aliphatic carbocycles. The molecule has 2 aliphatic heterocycles. The summed E-state index contributed by atoms with van der Waals surface area (Å²) in [5.74, 6) is 0.825. The minimum Gasteiger partial charge on any atom is -0.486 e. The Hall–Kier alpha value is -2.44. The highest BCUT2D eigenvalue weighted by atomic mass is 35.5. The normalized spacial score (nSPS) is 21.8. The summed E-state index contributed by atoms with van der Waals surface area (Å²) in [6.07, 6.45) is 0.780. The van der Waals surface area contributed by atoms with Crippen molar-refractivity contribution in [2.24, 2.45) is 0 Å². The van der Waals surface area contributed by atoms with Crippen LogP contribution in [0, 0.1) is 0 Å². The molecule has 2 saturated heterocycles. The Bertz CT molecular complexity index is 931. The highest BCUT2D eigenvalue weighted by Crippen LogP contribution is 2.35. The van der Waals surface area contributed by atoms with Gasteiger partial charge in [0.1, 0.15) is 11.4 Å². The molecule has 32 heavy (non-hydrogen) atoms. The number of halogens is 1. The first-order valence-electron chi connectivity index (χ1n) is 11.4. The van der Waals surface area contributed by atoms with Crippen molar-refractivity contribution < 1.29 is 9.53 Å². The zero-order chi connectivity index (χ0) is 22.7. The molecule has 1 atom stereocenters. The molecule has 2 amide bonds. The van der Waals surface area contributed by atoms with Crippen molar-refractivity contribution in [1.29, 1.82) is 0 Å². The molecule has 2 aromatic rings. The number of nitrogens with zero attached hydrogens (tertiary/aromatic N) is 3. The fourth-order valence-electron chi connectivity index (χ4n) is 4.53. The van der Waals surface area contributed by atoms with Gasteiger partial charge in [-0.3, -0.25) is 4.90 Å². The van der Waals surface area contributed by atoms with Crippen molar-refractivity contribution in [2.75, 3.05) is 49.5 Å². The van der Waals surface area contributed by atoms with E-state index in [9.17, 15) is 4.79 Å². The van der Waals surface area contributed by atoms with Crippen LogP contribution in [0.1, 0.15) is 27.2 Å². The van der Waals surface area contributed by atoms with E-state index in [0.29, 0.717) is 29.8 Å². The van der Waals surface area contributed by atoms with Crippen LogP contribution in [0.5, 0.6) is 5.75 Å². The second-order valence-corrected chi connectivity index (χ2v) is 9.62. The Balaban J connectivity index is 1.43. The Morgan fingerprint density at radius 2 is 1.75 bits per heavy atom. The van der Waals surface area contributed by atoms with Gasteiger partial charge in [0.05, 0.1) is 22.9 Å². The van der Waals surface area contributed by atoms with Gasteiger partial charge in [0, 0.05) is 45.2 Å². The number of likely N-dealkylation sites (tertiary alicyclic amines) is 1. The molecule has 2 fully saturated rings. The molecule has 0 radical (unpaired) electrons. The van der Waals surface area contributed by atoms with E-state index < -0.39 is 5.60 Å². The van der Waals surface area contributed by atoms with E-state index in [4.69, 9.17) is 16.3 Å². The van der Waals surface area contributed by atoms with Crippen molar-refractivity contribution in [3.05, 3.63) is 53.6 Å². The summed E-state index contributed by atoms with van der Waals surface area (Å²) in [6, 6.07) is 16.0. The molecule has 2 aliphatic rings. The van der Waals surface area contributed by atoms with E-state index in [0.717, 1.165) is 44.0 Å². The maximum absolute atomic E-state index is 13.2. The summed E-state index contributed by atoms with van der Waals surface area (Å²) in [5, 5.41) is 3.66. The lowest BCUT2D eigenvalue weighted by atomic mass is 10.1. The zero-order valence-electron chi connectivity index (χ0n) is 19.2. The molecule has 0 aromatic heterocycles. The van der Waals surface area contributed by atoms with E-state index in [1.807, 2.05) is 53.4 Å². The number of nitrogens with one attached hydrogen (secondary N) is 1. The van der Waals surface area contributed by atoms with Crippen molar-refractivity contribution in [3.63, 3.8) is 0 Å². The predicted molar refractivity (Wildman–Crippen MR) is 131 cm³/mol. The van der Waals surface area contributed by atoms with Gasteiger partial charge in [0.15, 0.2) is 0 Å². The minimum atomic E-state index is -0.408. The van der Waals surface area contributed by atoms with Crippen molar-refractivity contribution in [3.8, 4) is 5.75 Å². The average Bonchev–Trinajstić information content (AvgIpc) is 3.17. The van der Waals surface area contributed by atoms with Crippen LogP contribution in [0.3, 0.4) is 0 Å². The number of carbonyl (C=O) groups is 1. The number of hydrogen-bond acceptors (Lipinski definition) is 4. The van der Waals surface area contributed by atoms with Gasteiger partial charge in [-0.05, 0) is 45.0 Å². The Labute approximate surface area is 196 Å². The first kappa shape index (κ1) is 22.7. The molecule has 1 N–H and O–H groups in total. The molecular weight excluding hydrogens is 424 g/mol. The van der Waals surface area contributed by atoms with Crippen LogP contribution < -0.4 is 15.0 Å². The van der Waals surface area contributed by atoms with Crippen LogP contribution in [0.4, 0.5) is 16.2 Å². The third-order valence-electron chi connectivity index (χ3n) is 6.44. The molecule has 0 spiro atoms. The fraction of sp³-hybridized carbons (Fsp3) is 0.480. The minimum absolute atomic E-state index is 0.138. The molecular formula is C25H33ClN4O2. The fourth-order valence-corrected chi connectivity index (χ4v) is 4.75. The summed E-state index contributed by atoms with van der Waals surface area (Å²) < 4.78 is 6.20. The predicted octanol–water partition coefficient (Wildman–Crippen LogP) is 4.95. The number of benzene rings is 2. The van der Waals surface area contributed by atoms with E-state index in [-0.39, 0.29) is 6.03 Å². The standard InChI is InChI=1S/C25H33ClN4O2/c1-19(2)28-14-16-29(17-15-28)22-11-7-10-21(26)23(22)27-24(31)30-13-12-25(3,18-30)32-20-8-5-4-6-9-20/h4-11,19H,12-18H2,1-3H3,(H,27,31)/t25-/m0/s1. The summed E-state index contributed by atoms with van der Waals surface area (Å²) in [5.41, 5.74) is 1.27. The lowest BCUT2D eigenvalue weighted by Crippen LogP contribution is -2.49. The zero-order valence-corrected chi connectivity index (χ0v) is 19.9. The molecule has 2 heterocycles. The first-order valence-corrected chi connectivity index (χ1v) is 11.8. The van der Waals surface area contributed by atoms with Crippen LogP contribution in [-0.2, 0) is 0 Å². The first-order chi connectivity index (χ1) is 15.3. The molecule has 2 aromatic carbocycles. The van der Waals surface area contributed by atoms with Crippen LogP contribution in [0.2, 0.25) is 5.02 Å². The average molecular weight is 457 g/mol. The highest BCUT2D eigenvalue weighted by molar-refractivity contribution is 6.34. The summed E-state index contributed by atoms with van der Waals surface area (Å²) in [4.78, 5) is 19.8. The molecule has 0 unspecified atom stereocenters. The number of rotatable bonds is 5. The molecule has 0 bridgehead atoms. The number of hydrogen-bond donors (Lipinski definition) is 1. The third kappa shape index (κ3) is 5.13. The number of carbonyl (C=O) groups excluding carboxylic acids is 1. The second kappa shape index (κ2) is 9.59. The Kier molecular flexibility index (Phi) is 6.82. The van der Waals surface area contributed by atoms with Crippen molar-refractivity contribution in [1.82, 2.24) is 9.80 Å².